The van der Waals surface area contributed by atoms with Gasteiger partial charge in [-0.3, -0.25) is 4.79 Å². The van der Waals surface area contributed by atoms with Gasteiger partial charge in [0, 0.05) is 23.8 Å². The maximum absolute atomic E-state index is 12.4. The second-order valence-electron chi connectivity index (χ2n) is 4.95. The lowest BCUT2D eigenvalue weighted by Gasteiger charge is -2.21. The minimum absolute atomic E-state index is 0.108. The van der Waals surface area contributed by atoms with Crippen molar-refractivity contribution in [2.45, 2.75) is 19.9 Å². The molecule has 0 atom stereocenters. The molecule has 0 heterocycles. The lowest BCUT2D eigenvalue weighted by Crippen LogP contribution is -2.31. The van der Waals surface area contributed by atoms with E-state index in [4.69, 9.17) is 17.3 Å². The van der Waals surface area contributed by atoms with Gasteiger partial charge in [-0.05, 0) is 42.3 Å². The van der Waals surface area contributed by atoms with E-state index in [0.717, 1.165) is 16.8 Å². The van der Waals surface area contributed by atoms with E-state index >= 15 is 0 Å². The molecular formula is C17H19ClN2O. The zero-order valence-corrected chi connectivity index (χ0v) is 12.8. The largest absolute Gasteiger partial charge is 0.399 e. The van der Waals surface area contributed by atoms with Crippen LogP contribution in [0.3, 0.4) is 0 Å². The van der Waals surface area contributed by atoms with Gasteiger partial charge in [-0.15, -0.1) is 0 Å². The number of hydrogen-bond acceptors (Lipinski definition) is 2. The van der Waals surface area contributed by atoms with E-state index in [2.05, 4.69) is 0 Å². The maximum Gasteiger partial charge on any atom is 0.227 e. The minimum atomic E-state index is 0.108. The lowest BCUT2D eigenvalue weighted by atomic mass is 10.1. The summed E-state index contributed by atoms with van der Waals surface area (Å²) in [4.78, 5) is 14.2. The predicted molar refractivity (Wildman–Crippen MR) is 87.1 cm³/mol. The lowest BCUT2D eigenvalue weighted by molar-refractivity contribution is -0.130. The van der Waals surface area contributed by atoms with E-state index in [0.29, 0.717) is 24.5 Å². The first-order valence-electron chi connectivity index (χ1n) is 6.95. The standard InChI is InChI=1S/C17H19ClN2O/c1-2-20(12-14-5-9-16(19)10-6-14)17(21)11-13-3-7-15(18)8-4-13/h3-10H,2,11-12,19H2,1H3. The first-order chi connectivity index (χ1) is 10.1. The summed E-state index contributed by atoms with van der Waals surface area (Å²) in [5, 5.41) is 0.681. The molecule has 0 bridgehead atoms. The number of carbonyl (C=O) groups excluding carboxylic acids is 1. The average Bonchev–Trinajstić information content (AvgIpc) is 2.49. The summed E-state index contributed by atoms with van der Waals surface area (Å²) >= 11 is 5.85. The highest BCUT2D eigenvalue weighted by atomic mass is 35.5. The van der Waals surface area contributed by atoms with Gasteiger partial charge in [0.15, 0.2) is 0 Å². The molecule has 0 spiro atoms. The second-order valence-corrected chi connectivity index (χ2v) is 5.39. The van der Waals surface area contributed by atoms with Crippen LogP contribution in [-0.4, -0.2) is 17.4 Å². The van der Waals surface area contributed by atoms with Crippen molar-refractivity contribution < 1.29 is 4.79 Å². The third-order valence-corrected chi connectivity index (χ3v) is 3.61. The van der Waals surface area contributed by atoms with Gasteiger partial charge in [-0.2, -0.15) is 0 Å². The van der Waals surface area contributed by atoms with E-state index in [1.54, 1.807) is 12.1 Å². The summed E-state index contributed by atoms with van der Waals surface area (Å²) in [6, 6.07) is 15.0. The summed E-state index contributed by atoms with van der Waals surface area (Å²) in [5.74, 6) is 0.108. The number of nitrogens with zero attached hydrogens (tertiary/aromatic N) is 1. The highest BCUT2D eigenvalue weighted by Crippen LogP contribution is 2.13. The number of amides is 1. The van der Waals surface area contributed by atoms with Gasteiger partial charge in [0.25, 0.3) is 0 Å². The summed E-state index contributed by atoms with van der Waals surface area (Å²) in [6.07, 6.45) is 0.389. The fraction of sp³-hybridized carbons (Fsp3) is 0.235. The number of rotatable bonds is 5. The summed E-state index contributed by atoms with van der Waals surface area (Å²) < 4.78 is 0. The minimum Gasteiger partial charge on any atom is -0.399 e. The molecule has 4 heteroatoms. The van der Waals surface area contributed by atoms with Gasteiger partial charge in [0.1, 0.15) is 0 Å². The van der Waals surface area contributed by atoms with Crippen LogP contribution in [0.25, 0.3) is 0 Å². The Balaban J connectivity index is 2.01. The number of hydrogen-bond donors (Lipinski definition) is 1. The van der Waals surface area contributed by atoms with Crippen LogP contribution in [0.2, 0.25) is 5.02 Å². The van der Waals surface area contributed by atoms with Gasteiger partial charge >= 0.3 is 0 Å². The fourth-order valence-electron chi connectivity index (χ4n) is 2.11. The normalized spacial score (nSPS) is 10.4. The monoisotopic (exact) mass is 302 g/mol. The molecule has 0 aromatic heterocycles. The molecule has 3 nitrogen and oxygen atoms in total. The smallest absolute Gasteiger partial charge is 0.227 e. The molecule has 0 saturated heterocycles. The highest BCUT2D eigenvalue weighted by Gasteiger charge is 2.12. The average molecular weight is 303 g/mol. The topological polar surface area (TPSA) is 46.3 Å². The molecule has 1 amide bonds. The van der Waals surface area contributed by atoms with Gasteiger partial charge in [0.2, 0.25) is 5.91 Å². The Bertz CT molecular complexity index is 593. The van der Waals surface area contributed by atoms with E-state index in [1.807, 2.05) is 48.2 Å². The van der Waals surface area contributed by atoms with Crippen LogP contribution in [-0.2, 0) is 17.8 Å². The maximum atomic E-state index is 12.4. The predicted octanol–water partition coefficient (Wildman–Crippen LogP) is 3.51. The van der Waals surface area contributed by atoms with Crippen molar-refractivity contribution >= 4 is 23.2 Å². The van der Waals surface area contributed by atoms with Gasteiger partial charge < -0.3 is 10.6 Å². The molecule has 0 unspecified atom stereocenters. The molecule has 0 saturated carbocycles. The Hall–Kier alpha value is -2.00. The van der Waals surface area contributed by atoms with Crippen LogP contribution < -0.4 is 5.73 Å². The fourth-order valence-corrected chi connectivity index (χ4v) is 2.23. The van der Waals surface area contributed by atoms with Crippen LogP contribution in [0.1, 0.15) is 18.1 Å². The molecule has 0 radical (unpaired) electrons. The molecule has 0 aliphatic carbocycles. The van der Waals surface area contributed by atoms with Crippen LogP contribution in [0.15, 0.2) is 48.5 Å². The molecular weight excluding hydrogens is 284 g/mol. The summed E-state index contributed by atoms with van der Waals surface area (Å²) in [6.45, 7) is 3.26. The molecule has 0 aliphatic rings. The van der Waals surface area contributed by atoms with Crippen molar-refractivity contribution in [1.29, 1.82) is 0 Å². The Morgan fingerprint density at radius 2 is 1.62 bits per heavy atom. The van der Waals surface area contributed by atoms with Crippen molar-refractivity contribution in [1.82, 2.24) is 4.90 Å². The van der Waals surface area contributed by atoms with Crippen LogP contribution in [0, 0.1) is 0 Å². The van der Waals surface area contributed by atoms with E-state index in [-0.39, 0.29) is 5.91 Å². The SMILES string of the molecule is CCN(Cc1ccc(N)cc1)C(=O)Cc1ccc(Cl)cc1. The number of nitrogens with two attached hydrogens (primary N) is 1. The van der Waals surface area contributed by atoms with Gasteiger partial charge in [0.05, 0.1) is 6.42 Å². The van der Waals surface area contributed by atoms with E-state index in [1.165, 1.54) is 0 Å². The highest BCUT2D eigenvalue weighted by molar-refractivity contribution is 6.30. The Kier molecular flexibility index (Phi) is 5.23. The summed E-state index contributed by atoms with van der Waals surface area (Å²) in [5.41, 5.74) is 8.46. The Morgan fingerprint density at radius 3 is 2.19 bits per heavy atom. The first kappa shape index (κ1) is 15.4. The number of anilines is 1. The van der Waals surface area contributed by atoms with E-state index < -0.39 is 0 Å². The molecule has 0 fully saturated rings. The zero-order chi connectivity index (χ0) is 15.2. The van der Waals surface area contributed by atoms with Crippen molar-refractivity contribution in [3.05, 3.63) is 64.7 Å². The van der Waals surface area contributed by atoms with Crippen LogP contribution in [0.5, 0.6) is 0 Å². The van der Waals surface area contributed by atoms with Gasteiger partial charge in [-0.25, -0.2) is 0 Å². The molecule has 2 rings (SSSR count). The molecule has 2 aromatic carbocycles. The number of benzene rings is 2. The third-order valence-electron chi connectivity index (χ3n) is 3.36. The Morgan fingerprint density at radius 1 is 1.05 bits per heavy atom. The number of halogens is 1. The van der Waals surface area contributed by atoms with Crippen molar-refractivity contribution in [2.24, 2.45) is 0 Å². The quantitative estimate of drug-likeness (QED) is 0.859. The molecule has 2 N–H and O–H groups in total. The molecule has 110 valence electrons. The van der Waals surface area contributed by atoms with Crippen molar-refractivity contribution in [2.75, 3.05) is 12.3 Å². The molecule has 0 aliphatic heterocycles. The second kappa shape index (κ2) is 7.14. The first-order valence-corrected chi connectivity index (χ1v) is 7.33. The van der Waals surface area contributed by atoms with Crippen molar-refractivity contribution in [3.8, 4) is 0 Å². The third kappa shape index (κ3) is 4.50. The number of carbonyl (C=O) groups is 1. The summed E-state index contributed by atoms with van der Waals surface area (Å²) in [7, 11) is 0. The van der Waals surface area contributed by atoms with Crippen LogP contribution >= 0.6 is 11.6 Å². The number of nitrogen functional groups attached to an aromatic ring is 1. The van der Waals surface area contributed by atoms with Crippen LogP contribution in [0.4, 0.5) is 5.69 Å². The number of likely N-dealkylation sites (N-methyl/N-ethyl adjacent to an activating group) is 1. The van der Waals surface area contributed by atoms with Crippen molar-refractivity contribution in [3.63, 3.8) is 0 Å². The zero-order valence-electron chi connectivity index (χ0n) is 12.1. The van der Waals surface area contributed by atoms with E-state index in [9.17, 15) is 4.79 Å². The Labute approximate surface area is 130 Å². The molecule has 21 heavy (non-hydrogen) atoms. The molecule has 2 aromatic rings. The van der Waals surface area contributed by atoms with Gasteiger partial charge in [-0.1, -0.05) is 35.9 Å².